The highest BCUT2D eigenvalue weighted by Crippen LogP contribution is 2.40. The summed E-state index contributed by atoms with van der Waals surface area (Å²) in [6.45, 7) is 6.54. The van der Waals surface area contributed by atoms with Gasteiger partial charge in [0.15, 0.2) is 5.75 Å². The molecule has 0 atom stereocenters. The summed E-state index contributed by atoms with van der Waals surface area (Å²) >= 11 is 3.50. The van der Waals surface area contributed by atoms with Crippen LogP contribution in [-0.4, -0.2) is 23.7 Å². The summed E-state index contributed by atoms with van der Waals surface area (Å²) < 4.78 is 11.5. The molecule has 1 amide bonds. The van der Waals surface area contributed by atoms with Gasteiger partial charge in [-0.05, 0) is 53.9 Å². The minimum atomic E-state index is -0.500. The fraction of sp³-hybridized carbons (Fsp3) is 0.500. The molecule has 2 N–H and O–H groups in total. The van der Waals surface area contributed by atoms with Crippen LogP contribution in [0.1, 0.15) is 31.9 Å². The topological polar surface area (TPSA) is 64.8 Å². The van der Waals surface area contributed by atoms with Crippen LogP contribution in [0.5, 0.6) is 5.75 Å². The summed E-state index contributed by atoms with van der Waals surface area (Å²) in [7, 11) is 1.57. The van der Waals surface area contributed by atoms with Gasteiger partial charge in [0.25, 0.3) is 0 Å². The molecule has 1 heterocycles. The van der Waals surface area contributed by atoms with Gasteiger partial charge in [-0.2, -0.15) is 0 Å². The van der Waals surface area contributed by atoms with Crippen molar-refractivity contribution in [1.82, 2.24) is 4.90 Å². The molecule has 2 rings (SSSR count). The van der Waals surface area contributed by atoms with Crippen LogP contribution in [0.25, 0.3) is 0 Å². The SMILES string of the molecule is COc1c(N)cc2c(c1Br)CN(C(=O)OC(C)(C)C)C2. The van der Waals surface area contributed by atoms with E-state index in [1.54, 1.807) is 12.0 Å². The zero-order valence-electron chi connectivity index (χ0n) is 12.1. The van der Waals surface area contributed by atoms with E-state index in [1.165, 1.54) is 0 Å². The maximum absolute atomic E-state index is 12.1. The maximum atomic E-state index is 12.1. The van der Waals surface area contributed by atoms with Crippen molar-refractivity contribution in [1.29, 1.82) is 0 Å². The molecule has 6 heteroatoms. The standard InChI is InChI=1S/C14H19BrN2O3/c1-14(2,3)20-13(18)17-6-8-5-10(16)12(19-4)11(15)9(8)7-17/h5H,6-7,16H2,1-4H3. The molecule has 0 unspecified atom stereocenters. The number of nitrogens with zero attached hydrogens (tertiary/aromatic N) is 1. The second-order valence-electron chi connectivity index (χ2n) is 5.79. The third kappa shape index (κ3) is 2.85. The number of amides is 1. The average molecular weight is 343 g/mol. The fourth-order valence-corrected chi connectivity index (χ4v) is 2.94. The van der Waals surface area contributed by atoms with Crippen LogP contribution in [0, 0.1) is 0 Å². The monoisotopic (exact) mass is 342 g/mol. The van der Waals surface area contributed by atoms with Crippen molar-refractivity contribution in [3.05, 3.63) is 21.7 Å². The van der Waals surface area contributed by atoms with Crippen molar-refractivity contribution in [2.75, 3.05) is 12.8 Å². The van der Waals surface area contributed by atoms with Gasteiger partial charge in [-0.3, -0.25) is 4.90 Å². The maximum Gasteiger partial charge on any atom is 0.410 e. The van der Waals surface area contributed by atoms with Crippen molar-refractivity contribution in [2.45, 2.75) is 39.5 Å². The van der Waals surface area contributed by atoms with Crippen LogP contribution in [0.4, 0.5) is 10.5 Å². The van der Waals surface area contributed by atoms with Crippen molar-refractivity contribution < 1.29 is 14.3 Å². The van der Waals surface area contributed by atoms with Crippen LogP contribution in [0.2, 0.25) is 0 Å². The predicted octanol–water partition coefficient (Wildman–Crippen LogP) is 3.29. The first-order chi connectivity index (χ1) is 9.23. The van der Waals surface area contributed by atoms with Crippen LogP contribution in [-0.2, 0) is 17.8 Å². The molecule has 110 valence electrons. The Morgan fingerprint density at radius 2 is 2.05 bits per heavy atom. The Bertz CT molecular complexity index is 552. The Labute approximate surface area is 127 Å². The van der Waals surface area contributed by atoms with Gasteiger partial charge in [-0.25, -0.2) is 4.79 Å². The molecule has 0 radical (unpaired) electrons. The summed E-state index contributed by atoms with van der Waals surface area (Å²) in [5, 5.41) is 0. The third-order valence-electron chi connectivity index (χ3n) is 3.01. The van der Waals surface area contributed by atoms with Gasteiger partial charge in [0.1, 0.15) is 5.60 Å². The Morgan fingerprint density at radius 3 is 2.60 bits per heavy atom. The smallest absolute Gasteiger partial charge is 0.410 e. The summed E-state index contributed by atoms with van der Waals surface area (Å²) in [6, 6.07) is 1.85. The van der Waals surface area contributed by atoms with E-state index >= 15 is 0 Å². The van der Waals surface area contributed by atoms with Gasteiger partial charge in [-0.15, -0.1) is 0 Å². The van der Waals surface area contributed by atoms with E-state index in [4.69, 9.17) is 15.2 Å². The number of anilines is 1. The Morgan fingerprint density at radius 1 is 1.40 bits per heavy atom. The van der Waals surface area contributed by atoms with Gasteiger partial charge in [0, 0.05) is 6.54 Å². The molecule has 0 aromatic heterocycles. The molecular weight excluding hydrogens is 324 g/mol. The number of carbonyl (C=O) groups excluding carboxylic acids is 1. The van der Waals surface area contributed by atoms with E-state index < -0.39 is 5.60 Å². The molecule has 1 aromatic carbocycles. The summed E-state index contributed by atoms with van der Waals surface area (Å²) in [6.07, 6.45) is -0.321. The Hall–Kier alpha value is -1.43. The number of rotatable bonds is 1. The number of hydrogen-bond donors (Lipinski definition) is 1. The minimum absolute atomic E-state index is 0.321. The van der Waals surface area contributed by atoms with Crippen LogP contribution < -0.4 is 10.5 Å². The largest absolute Gasteiger partial charge is 0.493 e. The van der Waals surface area contributed by atoms with Crippen LogP contribution >= 0.6 is 15.9 Å². The van der Waals surface area contributed by atoms with Gasteiger partial charge in [0.05, 0.1) is 23.8 Å². The van der Waals surface area contributed by atoms with Gasteiger partial charge >= 0.3 is 6.09 Å². The number of methoxy groups -OCH3 is 1. The lowest BCUT2D eigenvalue weighted by atomic mass is 10.1. The number of fused-ring (bicyclic) bond motifs is 1. The summed E-state index contributed by atoms with van der Waals surface area (Å²) in [5.74, 6) is 0.606. The predicted molar refractivity (Wildman–Crippen MR) is 80.6 cm³/mol. The number of nitrogens with two attached hydrogens (primary N) is 1. The first-order valence-corrected chi connectivity index (χ1v) is 7.14. The minimum Gasteiger partial charge on any atom is -0.493 e. The highest BCUT2D eigenvalue weighted by atomic mass is 79.9. The lowest BCUT2D eigenvalue weighted by Gasteiger charge is -2.24. The molecule has 0 fully saturated rings. The number of ether oxygens (including phenoxy) is 2. The van der Waals surface area contributed by atoms with Crippen molar-refractivity contribution >= 4 is 27.7 Å². The second-order valence-corrected chi connectivity index (χ2v) is 6.58. The normalized spacial score (nSPS) is 14.2. The second kappa shape index (κ2) is 5.16. The molecule has 1 aliphatic rings. The van der Waals surface area contributed by atoms with Gasteiger partial charge in [0.2, 0.25) is 0 Å². The Balaban J connectivity index is 2.24. The highest BCUT2D eigenvalue weighted by Gasteiger charge is 2.30. The molecule has 0 aliphatic carbocycles. The van der Waals surface area contributed by atoms with Crippen molar-refractivity contribution in [2.24, 2.45) is 0 Å². The quantitative estimate of drug-likeness (QED) is 0.795. The first kappa shape index (κ1) is 15.0. The van der Waals surface area contributed by atoms with Gasteiger partial charge < -0.3 is 15.2 Å². The molecule has 0 spiro atoms. The number of halogens is 1. The van der Waals surface area contributed by atoms with Crippen LogP contribution in [0.3, 0.4) is 0 Å². The fourth-order valence-electron chi connectivity index (χ4n) is 2.17. The number of nitrogen functional groups attached to an aromatic ring is 1. The van der Waals surface area contributed by atoms with Crippen molar-refractivity contribution in [3.8, 4) is 5.75 Å². The zero-order valence-corrected chi connectivity index (χ0v) is 13.7. The van der Waals surface area contributed by atoms with E-state index in [2.05, 4.69) is 15.9 Å². The Kier molecular flexibility index (Phi) is 3.86. The zero-order chi connectivity index (χ0) is 15.1. The number of carbonyl (C=O) groups is 1. The van der Waals surface area contributed by atoms with Crippen LogP contribution in [0.15, 0.2) is 10.5 Å². The molecule has 0 saturated carbocycles. The van der Waals surface area contributed by atoms with E-state index in [0.29, 0.717) is 24.5 Å². The molecular formula is C14H19BrN2O3. The lowest BCUT2D eigenvalue weighted by Crippen LogP contribution is -2.33. The first-order valence-electron chi connectivity index (χ1n) is 6.34. The van der Waals surface area contributed by atoms with Gasteiger partial charge in [-0.1, -0.05) is 0 Å². The van der Waals surface area contributed by atoms with Crippen molar-refractivity contribution in [3.63, 3.8) is 0 Å². The number of hydrogen-bond acceptors (Lipinski definition) is 4. The molecule has 1 aromatic rings. The number of benzene rings is 1. The molecule has 1 aliphatic heterocycles. The summed E-state index contributed by atoms with van der Waals surface area (Å²) in [5.41, 5.74) is 8.03. The molecule has 20 heavy (non-hydrogen) atoms. The van der Waals surface area contributed by atoms with E-state index in [0.717, 1.165) is 15.6 Å². The van der Waals surface area contributed by atoms with E-state index in [1.807, 2.05) is 26.8 Å². The molecule has 0 saturated heterocycles. The molecule has 0 bridgehead atoms. The summed E-state index contributed by atoms with van der Waals surface area (Å²) in [4.78, 5) is 13.8. The lowest BCUT2D eigenvalue weighted by molar-refractivity contribution is 0.0241. The average Bonchev–Trinajstić information content (AvgIpc) is 2.71. The van der Waals surface area contributed by atoms with E-state index in [-0.39, 0.29) is 6.09 Å². The highest BCUT2D eigenvalue weighted by molar-refractivity contribution is 9.10. The molecule has 5 nitrogen and oxygen atoms in total. The van der Waals surface area contributed by atoms with E-state index in [9.17, 15) is 4.79 Å². The third-order valence-corrected chi connectivity index (χ3v) is 3.85.